The molecule has 0 saturated carbocycles. The van der Waals surface area contributed by atoms with E-state index in [-0.39, 0.29) is 24.1 Å². The number of nitrogens with one attached hydrogen (secondary N) is 2. The van der Waals surface area contributed by atoms with Crippen LogP contribution in [0, 0.1) is 29.6 Å². The molecule has 0 aliphatic carbocycles. The molecule has 2 aromatic heterocycles. The van der Waals surface area contributed by atoms with Gasteiger partial charge in [-0.25, -0.2) is 9.37 Å². The van der Waals surface area contributed by atoms with E-state index in [1.807, 2.05) is 49.4 Å². The van der Waals surface area contributed by atoms with Gasteiger partial charge in [-0.05, 0) is 68.4 Å². The number of pyridine rings is 1. The molecule has 206 valence electrons. The zero-order valence-electron chi connectivity index (χ0n) is 22.6. The normalized spacial score (nSPS) is 15.1. The third-order valence-corrected chi connectivity index (χ3v) is 7.96. The Labute approximate surface area is 242 Å². The van der Waals surface area contributed by atoms with E-state index in [2.05, 4.69) is 16.8 Å². The maximum Gasteiger partial charge on any atom is 0.219 e. The molecule has 0 atom stereocenters. The first-order valence-corrected chi connectivity index (χ1v) is 14.0. The maximum absolute atomic E-state index is 12.5. The first-order chi connectivity index (χ1) is 19.2. The summed E-state index contributed by atoms with van der Waals surface area (Å²) in [4.78, 5) is 23.9. The lowest BCUT2D eigenvalue weighted by atomic mass is 9.99. The first kappa shape index (κ1) is 29.1. The molecule has 1 aromatic carbocycles. The number of nitrogens with zero attached hydrogens (tertiary/aromatic N) is 4. The topological polar surface area (TPSA) is 96.5 Å². The summed E-state index contributed by atoms with van der Waals surface area (Å²) in [6, 6.07) is 13.1. The number of anilines is 1. The Bertz CT molecular complexity index is 1500. The molecule has 2 aliphatic heterocycles. The van der Waals surface area contributed by atoms with E-state index in [1.165, 1.54) is 18.3 Å². The van der Waals surface area contributed by atoms with Crippen molar-refractivity contribution < 1.29 is 9.18 Å². The number of benzene rings is 1. The summed E-state index contributed by atoms with van der Waals surface area (Å²) >= 11 is 7.55. The Balaban J connectivity index is 0.000000312. The number of carbonyl (C=O) groups is 1. The quantitative estimate of drug-likeness (QED) is 0.208. The molecular formula is C30H30ClFN6OS. The second-order valence-electron chi connectivity index (χ2n) is 9.42. The SMILES string of the molecule is CC(=N)N1C(=N)CN=C(c2ccc(Cl)cc2)c2c1sc(C#Cc1ccccn1)c2C.CC(=O)N1CCC(F)CC1. The van der Waals surface area contributed by atoms with Crippen LogP contribution in [-0.4, -0.2) is 59.0 Å². The van der Waals surface area contributed by atoms with Gasteiger partial charge in [-0.1, -0.05) is 29.8 Å². The maximum atomic E-state index is 12.5. The van der Waals surface area contributed by atoms with E-state index in [1.54, 1.807) is 22.9 Å². The first-order valence-electron chi connectivity index (χ1n) is 12.8. The van der Waals surface area contributed by atoms with Gasteiger partial charge in [0.25, 0.3) is 0 Å². The van der Waals surface area contributed by atoms with Gasteiger partial charge in [-0.2, -0.15) is 0 Å². The van der Waals surface area contributed by atoms with Gasteiger partial charge in [0.1, 0.15) is 28.5 Å². The van der Waals surface area contributed by atoms with Gasteiger partial charge in [-0.15, -0.1) is 11.3 Å². The minimum absolute atomic E-state index is 0.0619. The number of amidine groups is 2. The van der Waals surface area contributed by atoms with Crippen molar-refractivity contribution in [3.05, 3.63) is 80.9 Å². The zero-order chi connectivity index (χ0) is 28.8. The van der Waals surface area contributed by atoms with Crippen molar-refractivity contribution in [2.75, 3.05) is 24.5 Å². The molecule has 0 bridgehead atoms. The van der Waals surface area contributed by atoms with Gasteiger partial charge < -0.3 is 4.90 Å². The molecule has 10 heteroatoms. The number of hydrogen-bond donors (Lipinski definition) is 2. The van der Waals surface area contributed by atoms with E-state index < -0.39 is 6.17 Å². The molecule has 3 aromatic rings. The predicted molar refractivity (Wildman–Crippen MR) is 161 cm³/mol. The van der Waals surface area contributed by atoms with Crippen LogP contribution in [0.3, 0.4) is 0 Å². The van der Waals surface area contributed by atoms with Crippen molar-refractivity contribution in [3.8, 4) is 11.8 Å². The molecule has 1 fully saturated rings. The summed E-state index contributed by atoms with van der Waals surface area (Å²) in [5.74, 6) is 6.94. The summed E-state index contributed by atoms with van der Waals surface area (Å²) in [7, 11) is 0. The molecule has 1 amide bonds. The van der Waals surface area contributed by atoms with Gasteiger partial charge in [0.2, 0.25) is 5.91 Å². The number of fused-ring (bicyclic) bond motifs is 1. The fourth-order valence-corrected chi connectivity index (χ4v) is 5.77. The molecule has 40 heavy (non-hydrogen) atoms. The third-order valence-electron chi connectivity index (χ3n) is 6.52. The Hall–Kier alpha value is -3.87. The lowest BCUT2D eigenvalue weighted by Crippen LogP contribution is -2.37. The van der Waals surface area contributed by atoms with Gasteiger partial charge in [0.15, 0.2) is 0 Å². The van der Waals surface area contributed by atoms with Crippen LogP contribution in [0.2, 0.25) is 5.02 Å². The average molecular weight is 577 g/mol. The van der Waals surface area contributed by atoms with Gasteiger partial charge in [-0.3, -0.25) is 25.5 Å². The van der Waals surface area contributed by atoms with E-state index in [0.717, 1.165) is 32.3 Å². The number of alkyl halides is 1. The fraction of sp³-hybridized carbons (Fsp3) is 0.300. The highest BCUT2D eigenvalue weighted by Gasteiger charge is 2.29. The Morgan fingerprint density at radius 2 is 1.82 bits per heavy atom. The monoisotopic (exact) mass is 576 g/mol. The molecule has 0 spiro atoms. The lowest BCUT2D eigenvalue weighted by Gasteiger charge is -2.27. The van der Waals surface area contributed by atoms with Crippen LogP contribution in [-0.2, 0) is 4.79 Å². The Kier molecular flexibility index (Phi) is 9.46. The van der Waals surface area contributed by atoms with Crippen molar-refractivity contribution >= 4 is 51.2 Å². The predicted octanol–water partition coefficient (Wildman–Crippen LogP) is 6.10. The van der Waals surface area contributed by atoms with Crippen molar-refractivity contribution in [2.24, 2.45) is 4.99 Å². The number of aliphatic imine (C=N–C) groups is 1. The lowest BCUT2D eigenvalue weighted by molar-refractivity contribution is -0.130. The molecule has 7 nitrogen and oxygen atoms in total. The highest BCUT2D eigenvalue weighted by Crippen LogP contribution is 2.39. The van der Waals surface area contributed by atoms with Crippen LogP contribution in [0.1, 0.15) is 54.0 Å². The number of aromatic nitrogens is 1. The van der Waals surface area contributed by atoms with Crippen molar-refractivity contribution in [1.29, 1.82) is 10.8 Å². The van der Waals surface area contributed by atoms with Crippen LogP contribution >= 0.6 is 22.9 Å². The molecule has 4 heterocycles. The summed E-state index contributed by atoms with van der Waals surface area (Å²) in [6.45, 7) is 6.60. The van der Waals surface area contributed by atoms with Crippen molar-refractivity contribution in [2.45, 2.75) is 39.8 Å². The average Bonchev–Trinajstić information content (AvgIpc) is 3.16. The Morgan fingerprint density at radius 1 is 1.12 bits per heavy atom. The summed E-state index contributed by atoms with van der Waals surface area (Å²) in [5, 5.41) is 18.2. The van der Waals surface area contributed by atoms with Crippen LogP contribution < -0.4 is 4.90 Å². The van der Waals surface area contributed by atoms with E-state index in [0.29, 0.717) is 36.6 Å². The molecular weight excluding hydrogens is 547 g/mol. The molecule has 2 N–H and O–H groups in total. The zero-order valence-corrected chi connectivity index (χ0v) is 24.2. The standard InChI is InChI=1S/C23H18ClN5S.C7H12FNO/c1-14-19(11-10-18-5-3-4-12-27-18)30-23-21(14)22(16-6-8-17(24)9-7-16)28-13-20(26)29(23)15(2)25;1-6(10)9-4-2-7(8)3-5-9/h3-9,12,25-26H,13H2,1-2H3;7H,2-5H2,1H3. The van der Waals surface area contributed by atoms with Crippen molar-refractivity contribution in [3.63, 3.8) is 0 Å². The number of carbonyl (C=O) groups excluding carboxylic acids is 1. The summed E-state index contributed by atoms with van der Waals surface area (Å²) in [6.07, 6.45) is 2.06. The van der Waals surface area contributed by atoms with Crippen LogP contribution in [0.25, 0.3) is 0 Å². The van der Waals surface area contributed by atoms with E-state index >= 15 is 0 Å². The second kappa shape index (κ2) is 13.0. The molecule has 2 aliphatic rings. The number of likely N-dealkylation sites (tertiary alicyclic amines) is 1. The van der Waals surface area contributed by atoms with Crippen LogP contribution in [0.4, 0.5) is 9.39 Å². The number of rotatable bonds is 1. The Morgan fingerprint density at radius 3 is 2.42 bits per heavy atom. The highest BCUT2D eigenvalue weighted by molar-refractivity contribution is 7.17. The van der Waals surface area contributed by atoms with Gasteiger partial charge in [0, 0.05) is 42.4 Å². The minimum atomic E-state index is -0.685. The molecule has 0 unspecified atom stereocenters. The van der Waals surface area contributed by atoms with Crippen LogP contribution in [0.15, 0.2) is 53.7 Å². The van der Waals surface area contributed by atoms with E-state index in [9.17, 15) is 9.18 Å². The third kappa shape index (κ3) is 6.82. The number of halogens is 2. The summed E-state index contributed by atoms with van der Waals surface area (Å²) < 4.78 is 12.5. The second-order valence-corrected chi connectivity index (χ2v) is 10.9. The number of amides is 1. The largest absolute Gasteiger partial charge is 0.343 e. The number of thiophene rings is 1. The number of hydrogen-bond acceptors (Lipinski definition) is 6. The van der Waals surface area contributed by atoms with Gasteiger partial charge >= 0.3 is 0 Å². The van der Waals surface area contributed by atoms with Crippen molar-refractivity contribution in [1.82, 2.24) is 9.88 Å². The molecule has 1 saturated heterocycles. The molecule has 5 rings (SSSR count). The van der Waals surface area contributed by atoms with Crippen LogP contribution in [0.5, 0.6) is 0 Å². The summed E-state index contributed by atoms with van der Waals surface area (Å²) in [5.41, 5.74) is 4.28. The minimum Gasteiger partial charge on any atom is -0.343 e. The molecule has 0 radical (unpaired) electrons. The van der Waals surface area contributed by atoms with Gasteiger partial charge in [0.05, 0.1) is 17.1 Å². The fourth-order valence-electron chi connectivity index (χ4n) is 4.40. The number of piperidine rings is 1. The van der Waals surface area contributed by atoms with E-state index in [4.69, 9.17) is 27.4 Å². The highest BCUT2D eigenvalue weighted by atomic mass is 35.5. The smallest absolute Gasteiger partial charge is 0.219 e.